The number of phenolic OH excluding ortho intramolecular Hbond substituents is 1. The molecule has 1 unspecified atom stereocenters. The normalized spacial score (nSPS) is 12.7. The van der Waals surface area contributed by atoms with Crippen LogP contribution < -0.4 is 20.5 Å². The van der Waals surface area contributed by atoms with Crippen LogP contribution >= 0.6 is 11.6 Å². The number of primary amides is 1. The van der Waals surface area contributed by atoms with Crippen molar-refractivity contribution < 1.29 is 24.2 Å². The Labute approximate surface area is 219 Å². The van der Waals surface area contributed by atoms with E-state index < -0.39 is 18.1 Å². The average molecular weight is 519 g/mol. The van der Waals surface area contributed by atoms with Crippen LogP contribution in [0.3, 0.4) is 0 Å². The van der Waals surface area contributed by atoms with Crippen molar-refractivity contribution in [1.82, 2.24) is 0 Å². The molecule has 7 nitrogen and oxygen atoms in total. The molecule has 8 heteroatoms. The summed E-state index contributed by atoms with van der Waals surface area (Å²) in [5.74, 6) is -0.136. The Kier molecular flexibility index (Phi) is 9.29. The number of rotatable bonds is 10. The van der Waals surface area contributed by atoms with Gasteiger partial charge in [-0.2, -0.15) is 0 Å². The molecule has 0 fully saturated rings. The van der Waals surface area contributed by atoms with Gasteiger partial charge < -0.3 is 25.6 Å². The molecule has 0 saturated carbocycles. The Morgan fingerprint density at radius 2 is 1.67 bits per heavy atom. The molecule has 0 aliphatic heterocycles. The maximum Gasteiger partial charge on any atom is 0.409 e. The van der Waals surface area contributed by atoms with Gasteiger partial charge in [0.2, 0.25) is 0 Å². The van der Waals surface area contributed by atoms with Crippen molar-refractivity contribution in [3.05, 3.63) is 46.0 Å². The molecule has 2 aromatic carbocycles. The van der Waals surface area contributed by atoms with Gasteiger partial charge in [-0.1, -0.05) is 72.2 Å². The highest BCUT2D eigenvalue weighted by molar-refractivity contribution is 6.33. The number of ether oxygens (including phenoxy) is 2. The number of anilines is 1. The van der Waals surface area contributed by atoms with E-state index in [1.807, 2.05) is 13.0 Å². The van der Waals surface area contributed by atoms with Gasteiger partial charge in [0.05, 0.1) is 10.7 Å². The summed E-state index contributed by atoms with van der Waals surface area (Å²) in [6, 6.07) is 7.48. The molecule has 2 aromatic rings. The molecule has 0 heterocycles. The summed E-state index contributed by atoms with van der Waals surface area (Å²) in [4.78, 5) is 24.4. The molecule has 0 aliphatic carbocycles. The third-order valence-electron chi connectivity index (χ3n) is 7.10. The lowest BCUT2D eigenvalue weighted by Gasteiger charge is -2.31. The molecule has 0 spiro atoms. The van der Waals surface area contributed by atoms with E-state index in [-0.39, 0.29) is 33.0 Å². The number of nitrogens with one attached hydrogen (secondary N) is 1. The number of amides is 2. The van der Waals surface area contributed by atoms with Crippen molar-refractivity contribution in [2.75, 3.05) is 5.32 Å². The topological polar surface area (TPSA) is 111 Å². The van der Waals surface area contributed by atoms with Crippen LogP contribution in [0.15, 0.2) is 24.3 Å². The molecule has 0 saturated heterocycles. The number of aromatic hydroxyl groups is 1. The summed E-state index contributed by atoms with van der Waals surface area (Å²) in [5, 5.41) is 13.1. The second-order valence-electron chi connectivity index (χ2n) is 10.3. The Balaban J connectivity index is 2.42. The Bertz CT molecular complexity index is 1130. The molecule has 198 valence electrons. The monoisotopic (exact) mass is 518 g/mol. The largest absolute Gasteiger partial charge is 0.504 e. The predicted molar refractivity (Wildman–Crippen MR) is 144 cm³/mol. The number of benzene rings is 2. The van der Waals surface area contributed by atoms with Gasteiger partial charge in [-0.3, -0.25) is 4.79 Å². The van der Waals surface area contributed by atoms with Crippen molar-refractivity contribution in [1.29, 1.82) is 0 Å². The minimum absolute atomic E-state index is 0.00552. The summed E-state index contributed by atoms with van der Waals surface area (Å²) in [6.07, 6.45) is 0.378. The van der Waals surface area contributed by atoms with Gasteiger partial charge in [0, 0.05) is 17.2 Å². The lowest BCUT2D eigenvalue weighted by molar-refractivity contribution is -0.122. The van der Waals surface area contributed by atoms with Crippen LogP contribution in [0.5, 0.6) is 17.2 Å². The van der Waals surface area contributed by atoms with E-state index in [9.17, 15) is 14.7 Å². The molecule has 1 atom stereocenters. The first kappa shape index (κ1) is 29.3. The third-order valence-corrected chi connectivity index (χ3v) is 7.56. The predicted octanol–water partition coefficient (Wildman–Crippen LogP) is 6.98. The second-order valence-corrected chi connectivity index (χ2v) is 10.7. The molecule has 0 aromatic heterocycles. The fourth-order valence-corrected chi connectivity index (χ4v) is 3.88. The van der Waals surface area contributed by atoms with Crippen molar-refractivity contribution in [2.24, 2.45) is 5.73 Å². The maximum atomic E-state index is 13.2. The minimum atomic E-state index is -1.03. The summed E-state index contributed by atoms with van der Waals surface area (Å²) in [5.41, 5.74) is 7.51. The van der Waals surface area contributed by atoms with Gasteiger partial charge in [-0.25, -0.2) is 4.79 Å². The summed E-state index contributed by atoms with van der Waals surface area (Å²) in [6.45, 7) is 16.4. The molecule has 0 bridgehead atoms. The van der Waals surface area contributed by atoms with Gasteiger partial charge in [-0.15, -0.1) is 0 Å². The Morgan fingerprint density at radius 1 is 1.06 bits per heavy atom. The first-order valence-electron chi connectivity index (χ1n) is 12.3. The molecular formula is C28H39ClN2O5. The maximum absolute atomic E-state index is 13.2. The van der Waals surface area contributed by atoms with E-state index in [1.54, 1.807) is 6.92 Å². The third kappa shape index (κ3) is 6.44. The highest BCUT2D eigenvalue weighted by Gasteiger charge is 2.29. The van der Waals surface area contributed by atoms with Gasteiger partial charge in [-0.05, 0) is 48.6 Å². The lowest BCUT2D eigenvalue weighted by Crippen LogP contribution is -2.33. The Morgan fingerprint density at radius 3 is 2.19 bits per heavy atom. The standard InChI is InChI=1S/C28H39ClN2O5/c1-9-20(25(33)31-19-15-22(36-26(30)34)16(4)23(29)24(19)32)35-21-13-12-17(27(5,6)10-2)14-18(21)28(7,8)11-3/h12-15,20,32H,9-11H2,1-8H3,(H2,30,34)(H,31,33). The number of carbonyl (C=O) groups excluding carboxylic acids is 2. The molecule has 2 amide bonds. The van der Waals surface area contributed by atoms with E-state index in [0.717, 1.165) is 18.4 Å². The van der Waals surface area contributed by atoms with Crippen LogP contribution in [0.1, 0.15) is 84.4 Å². The number of hydrogen-bond donors (Lipinski definition) is 3. The zero-order valence-electron chi connectivity index (χ0n) is 22.5. The highest BCUT2D eigenvalue weighted by Crippen LogP contribution is 2.41. The van der Waals surface area contributed by atoms with Crippen LogP contribution in [0.4, 0.5) is 10.5 Å². The van der Waals surface area contributed by atoms with Crippen LogP contribution in [0, 0.1) is 6.92 Å². The molecule has 0 aliphatic rings. The number of phenols is 1. The number of nitrogens with two attached hydrogens (primary N) is 1. The molecule has 36 heavy (non-hydrogen) atoms. The number of halogens is 1. The van der Waals surface area contributed by atoms with Crippen molar-refractivity contribution in [2.45, 2.75) is 91.6 Å². The average Bonchev–Trinajstić information content (AvgIpc) is 2.83. The highest BCUT2D eigenvalue weighted by atomic mass is 35.5. The smallest absolute Gasteiger partial charge is 0.409 e. The molecule has 4 N–H and O–H groups in total. The van der Waals surface area contributed by atoms with E-state index in [2.05, 4.69) is 59.0 Å². The fourth-order valence-electron chi connectivity index (χ4n) is 3.69. The first-order valence-corrected chi connectivity index (χ1v) is 12.7. The van der Waals surface area contributed by atoms with Gasteiger partial charge >= 0.3 is 6.09 Å². The van der Waals surface area contributed by atoms with Crippen molar-refractivity contribution in [3.8, 4) is 17.2 Å². The first-order chi connectivity index (χ1) is 16.7. The quantitative estimate of drug-likeness (QED) is 0.294. The minimum Gasteiger partial charge on any atom is -0.504 e. The zero-order valence-corrected chi connectivity index (χ0v) is 23.3. The van der Waals surface area contributed by atoms with E-state index in [0.29, 0.717) is 17.7 Å². The molecule has 2 rings (SSSR count). The zero-order chi connectivity index (χ0) is 27.4. The summed E-state index contributed by atoms with van der Waals surface area (Å²) < 4.78 is 11.2. The lowest BCUT2D eigenvalue weighted by atomic mass is 9.76. The van der Waals surface area contributed by atoms with E-state index in [4.69, 9.17) is 26.8 Å². The fraction of sp³-hybridized carbons (Fsp3) is 0.500. The van der Waals surface area contributed by atoms with Crippen LogP contribution in [0.25, 0.3) is 0 Å². The van der Waals surface area contributed by atoms with E-state index in [1.165, 1.54) is 11.6 Å². The van der Waals surface area contributed by atoms with Gasteiger partial charge in [0.15, 0.2) is 11.9 Å². The van der Waals surface area contributed by atoms with Crippen LogP contribution in [-0.4, -0.2) is 23.2 Å². The van der Waals surface area contributed by atoms with Gasteiger partial charge in [0.25, 0.3) is 5.91 Å². The van der Waals surface area contributed by atoms with Crippen molar-refractivity contribution in [3.63, 3.8) is 0 Å². The summed E-state index contributed by atoms with van der Waals surface area (Å²) in [7, 11) is 0. The van der Waals surface area contributed by atoms with Crippen LogP contribution in [0.2, 0.25) is 5.02 Å². The molecular weight excluding hydrogens is 480 g/mol. The van der Waals surface area contributed by atoms with Crippen LogP contribution in [-0.2, 0) is 15.6 Å². The van der Waals surface area contributed by atoms with E-state index >= 15 is 0 Å². The van der Waals surface area contributed by atoms with Gasteiger partial charge in [0.1, 0.15) is 11.5 Å². The summed E-state index contributed by atoms with van der Waals surface area (Å²) >= 11 is 6.18. The SMILES string of the molecule is CCC(Oc1ccc(C(C)(C)CC)cc1C(C)(C)CC)C(=O)Nc1cc(OC(N)=O)c(C)c(Cl)c1O. The Hall–Kier alpha value is -2.93. The number of carbonyl (C=O) groups is 2. The van der Waals surface area contributed by atoms with Crippen molar-refractivity contribution >= 4 is 29.3 Å². The second kappa shape index (κ2) is 11.4. The number of hydrogen-bond acceptors (Lipinski definition) is 5. The molecule has 0 radical (unpaired) electrons.